The maximum atomic E-state index is 12.9. The minimum Gasteiger partial charge on any atom is -0.404 e. The Morgan fingerprint density at radius 1 is 1.33 bits per heavy atom. The van der Waals surface area contributed by atoms with Crippen molar-refractivity contribution in [2.75, 3.05) is 0 Å². The van der Waals surface area contributed by atoms with Crippen LogP contribution in [0.5, 0.6) is 5.88 Å². The van der Waals surface area contributed by atoms with Crippen molar-refractivity contribution in [3.8, 4) is 5.88 Å². The molecule has 9 nitrogen and oxygen atoms in total. The van der Waals surface area contributed by atoms with Gasteiger partial charge in [-0.2, -0.15) is 0 Å². The Bertz CT molecular complexity index is 728. The summed E-state index contributed by atoms with van der Waals surface area (Å²) in [5, 5.41) is 11.7. The molecule has 4 aliphatic carbocycles. The maximum Gasteiger partial charge on any atom is 0.319 e. The van der Waals surface area contributed by atoms with E-state index in [4.69, 9.17) is 10.5 Å². The Labute approximate surface area is 137 Å². The molecule has 128 valence electrons. The molecule has 1 aromatic heterocycles. The normalized spacial score (nSPS) is 36.5. The van der Waals surface area contributed by atoms with Crippen LogP contribution in [0.15, 0.2) is 6.33 Å². The van der Waals surface area contributed by atoms with Crippen LogP contribution in [0.3, 0.4) is 0 Å². The van der Waals surface area contributed by atoms with Gasteiger partial charge >= 0.3 is 5.97 Å². The van der Waals surface area contributed by atoms with E-state index in [9.17, 15) is 19.7 Å². The Morgan fingerprint density at radius 3 is 2.58 bits per heavy atom. The Hall–Kier alpha value is -2.45. The van der Waals surface area contributed by atoms with E-state index in [-0.39, 0.29) is 34.8 Å². The van der Waals surface area contributed by atoms with Crippen molar-refractivity contribution in [3.63, 3.8) is 0 Å². The number of nitrogens with zero attached hydrogens (tertiary/aromatic N) is 2. The predicted molar refractivity (Wildman–Crippen MR) is 79.6 cm³/mol. The van der Waals surface area contributed by atoms with Crippen LogP contribution < -0.4 is 10.5 Å². The van der Waals surface area contributed by atoms with E-state index in [0.717, 1.165) is 6.42 Å². The molecule has 0 spiro atoms. The highest BCUT2D eigenvalue weighted by atomic mass is 16.6. The van der Waals surface area contributed by atoms with Gasteiger partial charge in [0.1, 0.15) is 0 Å². The summed E-state index contributed by atoms with van der Waals surface area (Å²) in [7, 11) is 0. The summed E-state index contributed by atoms with van der Waals surface area (Å²) in [6, 6.07) is 0. The number of amides is 1. The first-order chi connectivity index (χ1) is 11.3. The van der Waals surface area contributed by atoms with Crippen LogP contribution in [-0.2, 0) is 4.79 Å². The summed E-state index contributed by atoms with van der Waals surface area (Å²) in [6.45, 7) is 0. The number of nitro groups is 1. The van der Waals surface area contributed by atoms with Crippen LogP contribution in [0.1, 0.15) is 49.0 Å². The zero-order valence-electron chi connectivity index (χ0n) is 13.0. The SMILES string of the molecule is NC(=O)c1[nH]cnc1OC(=O)C12CC3CC(C1)CC([N+](=O)[O-])(C3)C2. The molecule has 4 saturated carbocycles. The zero-order valence-corrected chi connectivity index (χ0v) is 13.0. The molecule has 0 aliphatic heterocycles. The molecule has 4 bridgehead atoms. The standard InChI is InChI=1S/C15H18N4O5/c16-11(20)10-12(18-7-17-10)24-13(21)14-2-8-1-9(3-14)5-15(4-8,6-14)19(22)23/h7-9H,1-6H2,(H2,16,20)(H,17,18). The third-order valence-corrected chi connectivity index (χ3v) is 5.89. The quantitative estimate of drug-likeness (QED) is 0.478. The lowest BCUT2D eigenvalue weighted by Gasteiger charge is -2.56. The van der Waals surface area contributed by atoms with Crippen molar-refractivity contribution in [2.45, 2.75) is 44.1 Å². The van der Waals surface area contributed by atoms with Gasteiger partial charge in [-0.15, -0.1) is 0 Å². The van der Waals surface area contributed by atoms with Crippen molar-refractivity contribution in [2.24, 2.45) is 23.0 Å². The second-order valence-corrected chi connectivity index (χ2v) is 7.56. The van der Waals surface area contributed by atoms with E-state index in [0.29, 0.717) is 25.7 Å². The van der Waals surface area contributed by atoms with Crippen molar-refractivity contribution >= 4 is 11.9 Å². The summed E-state index contributed by atoms with van der Waals surface area (Å²) < 4.78 is 5.35. The average Bonchev–Trinajstić information content (AvgIpc) is 2.94. The van der Waals surface area contributed by atoms with Gasteiger partial charge in [-0.3, -0.25) is 19.7 Å². The number of esters is 1. The van der Waals surface area contributed by atoms with Gasteiger partial charge in [0.2, 0.25) is 5.54 Å². The molecule has 2 unspecified atom stereocenters. The second kappa shape index (κ2) is 4.78. The highest BCUT2D eigenvalue weighted by Crippen LogP contribution is 2.62. The van der Waals surface area contributed by atoms with Gasteiger partial charge in [0.15, 0.2) is 5.69 Å². The first-order valence-corrected chi connectivity index (χ1v) is 8.04. The lowest BCUT2D eigenvalue weighted by atomic mass is 9.47. The highest BCUT2D eigenvalue weighted by Gasteiger charge is 2.67. The summed E-state index contributed by atoms with van der Waals surface area (Å²) in [4.78, 5) is 42.0. The first kappa shape index (κ1) is 15.1. The smallest absolute Gasteiger partial charge is 0.319 e. The number of primary amides is 1. The third-order valence-electron chi connectivity index (χ3n) is 5.89. The number of carbonyl (C=O) groups excluding carboxylic acids is 2. The second-order valence-electron chi connectivity index (χ2n) is 7.56. The third kappa shape index (κ3) is 2.03. The molecule has 1 amide bonds. The van der Waals surface area contributed by atoms with Gasteiger partial charge in [0.05, 0.1) is 11.7 Å². The van der Waals surface area contributed by atoms with Crippen molar-refractivity contribution in [3.05, 3.63) is 22.1 Å². The molecule has 0 saturated heterocycles. The van der Waals surface area contributed by atoms with Gasteiger partial charge in [0.25, 0.3) is 11.8 Å². The largest absolute Gasteiger partial charge is 0.404 e. The van der Waals surface area contributed by atoms with Gasteiger partial charge < -0.3 is 15.5 Å². The number of aromatic amines is 1. The molecule has 24 heavy (non-hydrogen) atoms. The van der Waals surface area contributed by atoms with E-state index in [1.165, 1.54) is 6.33 Å². The molecule has 1 heterocycles. The molecular weight excluding hydrogens is 316 g/mol. The van der Waals surface area contributed by atoms with E-state index < -0.39 is 22.8 Å². The Kier molecular flexibility index (Phi) is 3.01. The lowest BCUT2D eigenvalue weighted by Crippen LogP contribution is -2.61. The van der Waals surface area contributed by atoms with Crippen LogP contribution in [0, 0.1) is 27.4 Å². The van der Waals surface area contributed by atoms with Crippen molar-refractivity contribution in [1.29, 1.82) is 0 Å². The number of hydrogen-bond acceptors (Lipinski definition) is 6. The number of H-pyrrole nitrogens is 1. The summed E-state index contributed by atoms with van der Waals surface area (Å²) >= 11 is 0. The molecule has 3 N–H and O–H groups in total. The van der Waals surface area contributed by atoms with Crippen LogP contribution in [-0.4, -0.2) is 32.3 Å². The highest BCUT2D eigenvalue weighted by molar-refractivity contribution is 5.94. The topological polar surface area (TPSA) is 141 Å². The molecule has 1 aromatic rings. The minimum absolute atomic E-state index is 0.0722. The summed E-state index contributed by atoms with van der Waals surface area (Å²) in [5.74, 6) is -1.10. The van der Waals surface area contributed by atoms with E-state index in [2.05, 4.69) is 9.97 Å². The predicted octanol–water partition coefficient (Wildman–Crippen LogP) is 1.03. The molecule has 5 rings (SSSR count). The number of carbonyl (C=O) groups is 2. The molecular formula is C15H18N4O5. The van der Waals surface area contributed by atoms with E-state index >= 15 is 0 Å². The number of rotatable bonds is 4. The van der Waals surface area contributed by atoms with Gasteiger partial charge in [0, 0.05) is 24.2 Å². The number of aromatic nitrogens is 2. The maximum absolute atomic E-state index is 12.9. The fourth-order valence-corrected chi connectivity index (χ4v) is 5.40. The van der Waals surface area contributed by atoms with Crippen LogP contribution in [0.25, 0.3) is 0 Å². The summed E-state index contributed by atoms with van der Waals surface area (Å²) in [5.41, 5.74) is 3.27. The fourth-order valence-electron chi connectivity index (χ4n) is 5.40. The van der Waals surface area contributed by atoms with Crippen molar-refractivity contribution in [1.82, 2.24) is 9.97 Å². The average molecular weight is 334 g/mol. The minimum atomic E-state index is -1.01. The molecule has 9 heteroatoms. The van der Waals surface area contributed by atoms with E-state index in [1.54, 1.807) is 0 Å². The lowest BCUT2D eigenvalue weighted by molar-refractivity contribution is -0.590. The molecule has 4 fully saturated rings. The number of imidazole rings is 1. The number of nitrogens with one attached hydrogen (secondary N) is 1. The first-order valence-electron chi connectivity index (χ1n) is 8.04. The number of ether oxygens (including phenoxy) is 1. The van der Waals surface area contributed by atoms with Gasteiger partial charge in [-0.25, -0.2) is 4.98 Å². The fraction of sp³-hybridized carbons (Fsp3) is 0.667. The van der Waals surface area contributed by atoms with Crippen LogP contribution >= 0.6 is 0 Å². The molecule has 0 aromatic carbocycles. The number of nitrogens with two attached hydrogens (primary N) is 1. The summed E-state index contributed by atoms with van der Waals surface area (Å²) in [6.07, 6.45) is 4.67. The van der Waals surface area contributed by atoms with Crippen LogP contribution in [0.4, 0.5) is 0 Å². The van der Waals surface area contributed by atoms with Crippen molar-refractivity contribution < 1.29 is 19.2 Å². The molecule has 2 atom stereocenters. The zero-order chi connectivity index (χ0) is 17.1. The molecule has 4 aliphatic rings. The van der Waals surface area contributed by atoms with E-state index in [1.807, 2.05) is 0 Å². The Balaban J connectivity index is 1.63. The molecule has 0 radical (unpaired) electrons. The van der Waals surface area contributed by atoms with Gasteiger partial charge in [-0.05, 0) is 31.1 Å². The monoisotopic (exact) mass is 334 g/mol. The van der Waals surface area contributed by atoms with Gasteiger partial charge in [-0.1, -0.05) is 0 Å². The number of hydrogen-bond donors (Lipinski definition) is 2. The van der Waals surface area contributed by atoms with Crippen LogP contribution in [0.2, 0.25) is 0 Å². The Morgan fingerprint density at radius 2 is 2.00 bits per heavy atom.